The van der Waals surface area contributed by atoms with Gasteiger partial charge in [0.05, 0.1) is 0 Å². The zero-order chi connectivity index (χ0) is 27.6. The Morgan fingerprint density at radius 1 is 0.275 bits per heavy atom. The van der Waals surface area contributed by atoms with Crippen molar-refractivity contribution >= 4 is 0 Å². The second-order valence-electron chi connectivity index (χ2n) is 8.27. The molecule has 4 aromatic carbocycles. The Labute approximate surface area is 254 Å². The van der Waals surface area contributed by atoms with Crippen molar-refractivity contribution in [3.8, 4) is 0 Å². The maximum absolute atomic E-state index is 4.94. The molecular weight excluding hydrogens is 532 g/mol. The van der Waals surface area contributed by atoms with E-state index in [1.165, 1.54) is 38.5 Å². The minimum atomic E-state index is 0. The third-order valence-corrected chi connectivity index (χ3v) is 4.91. The van der Waals surface area contributed by atoms with Gasteiger partial charge in [0.25, 0.3) is 0 Å². The zero-order valence-corrected chi connectivity index (χ0v) is 24.9. The molecule has 0 unspecified atom stereocenters. The van der Waals surface area contributed by atoms with Gasteiger partial charge in [-0.25, -0.2) is 0 Å². The molecule has 0 saturated carbocycles. The van der Waals surface area contributed by atoms with Crippen molar-refractivity contribution in [2.75, 3.05) is 39.6 Å². The van der Waals surface area contributed by atoms with Crippen LogP contribution in [0.15, 0.2) is 121 Å². The van der Waals surface area contributed by atoms with Crippen molar-refractivity contribution in [2.45, 2.75) is 38.5 Å². The van der Waals surface area contributed by atoms with Crippen LogP contribution in [0.2, 0.25) is 0 Å². The van der Waals surface area contributed by atoms with E-state index >= 15 is 0 Å². The van der Waals surface area contributed by atoms with E-state index in [2.05, 4.69) is 24.3 Å². The molecule has 0 amide bonds. The first-order chi connectivity index (χ1) is 19.5. The topological polar surface area (TPSA) is 27.7 Å². The molecule has 0 aliphatic carbocycles. The fourth-order valence-electron chi connectivity index (χ4n) is 2.90. The minimum absolute atomic E-state index is 0. The molecule has 4 aromatic rings. The summed E-state index contributed by atoms with van der Waals surface area (Å²) < 4.78 is 14.8. The maximum atomic E-state index is 4.94. The van der Waals surface area contributed by atoms with Gasteiger partial charge in [0.2, 0.25) is 0 Å². The van der Waals surface area contributed by atoms with Crippen molar-refractivity contribution in [3.63, 3.8) is 0 Å². The first kappa shape index (κ1) is 37.3. The van der Waals surface area contributed by atoms with Gasteiger partial charge in [0.15, 0.2) is 0 Å². The summed E-state index contributed by atoms with van der Waals surface area (Å²) in [5.74, 6) is 0. The van der Waals surface area contributed by atoms with Crippen LogP contribution in [0.3, 0.4) is 0 Å². The Balaban J connectivity index is 0.000000442. The van der Waals surface area contributed by atoms with E-state index in [0.717, 1.165) is 39.6 Å². The summed E-state index contributed by atoms with van der Waals surface area (Å²) in [4.78, 5) is 0. The Kier molecular flexibility index (Phi) is 32.0. The molecule has 3 nitrogen and oxygen atoms in total. The quantitative estimate of drug-likeness (QED) is 0.197. The van der Waals surface area contributed by atoms with Crippen LogP contribution in [-0.4, -0.2) is 39.6 Å². The SMILES string of the molecule is C1CCOC1.C1CCOC1.C1CCOC1.[Cr+4].[c-]1ccccc1.[c-]1ccccc1.[c-]1ccccc1.[c-]1ccccc1. The maximum Gasteiger partial charge on any atom is 4.00 e. The van der Waals surface area contributed by atoms with Gasteiger partial charge < -0.3 is 14.2 Å². The van der Waals surface area contributed by atoms with Gasteiger partial charge in [-0.15, -0.1) is 0 Å². The molecule has 0 aromatic heterocycles. The molecule has 3 saturated heterocycles. The molecule has 40 heavy (non-hydrogen) atoms. The molecule has 7 rings (SSSR count). The van der Waals surface area contributed by atoms with Gasteiger partial charge in [0, 0.05) is 39.6 Å². The largest absolute Gasteiger partial charge is 4.00 e. The van der Waals surface area contributed by atoms with Crippen LogP contribution in [0.25, 0.3) is 0 Å². The van der Waals surface area contributed by atoms with Gasteiger partial charge in [0.1, 0.15) is 0 Å². The molecule has 3 aliphatic rings. The fraction of sp³-hybridized carbons (Fsp3) is 0.333. The van der Waals surface area contributed by atoms with E-state index in [1.807, 2.05) is 121 Å². The summed E-state index contributed by atoms with van der Waals surface area (Å²) in [7, 11) is 0. The third-order valence-electron chi connectivity index (χ3n) is 4.91. The summed E-state index contributed by atoms with van der Waals surface area (Å²) in [5.41, 5.74) is 0. The number of ether oxygens (including phenoxy) is 3. The van der Waals surface area contributed by atoms with Gasteiger partial charge in [-0.1, -0.05) is 0 Å². The van der Waals surface area contributed by atoms with E-state index in [4.69, 9.17) is 14.2 Å². The van der Waals surface area contributed by atoms with Crippen molar-refractivity contribution in [1.82, 2.24) is 0 Å². The summed E-state index contributed by atoms with van der Waals surface area (Å²) in [6.45, 7) is 6.00. The van der Waals surface area contributed by atoms with Crippen LogP contribution in [0.1, 0.15) is 38.5 Å². The predicted octanol–water partition coefficient (Wildman–Crippen LogP) is 8.34. The second-order valence-corrected chi connectivity index (χ2v) is 8.27. The average Bonchev–Trinajstić information content (AvgIpc) is 3.89. The summed E-state index contributed by atoms with van der Waals surface area (Å²) in [5, 5.41) is 0. The first-order valence-electron chi connectivity index (χ1n) is 13.9. The number of rotatable bonds is 0. The van der Waals surface area contributed by atoms with Crippen molar-refractivity contribution in [1.29, 1.82) is 0 Å². The van der Waals surface area contributed by atoms with Gasteiger partial charge in [-0.05, 0) is 38.5 Å². The first-order valence-corrected chi connectivity index (χ1v) is 13.9. The summed E-state index contributed by atoms with van der Waals surface area (Å²) in [6.07, 6.45) is 7.67. The monoisotopic (exact) mass is 576 g/mol. The Bertz CT molecular complexity index is 605. The van der Waals surface area contributed by atoms with E-state index in [9.17, 15) is 0 Å². The van der Waals surface area contributed by atoms with Crippen molar-refractivity contribution in [2.24, 2.45) is 0 Å². The molecule has 0 atom stereocenters. The van der Waals surface area contributed by atoms with E-state index < -0.39 is 0 Å². The van der Waals surface area contributed by atoms with Gasteiger partial charge >= 0.3 is 17.4 Å². The molecule has 3 heterocycles. The Morgan fingerprint density at radius 2 is 0.450 bits per heavy atom. The number of benzene rings is 4. The van der Waals surface area contributed by atoms with E-state index in [0.29, 0.717) is 0 Å². The molecule has 3 aliphatic heterocycles. The summed E-state index contributed by atoms with van der Waals surface area (Å²) in [6, 6.07) is 50.0. The third kappa shape index (κ3) is 31.5. The van der Waals surface area contributed by atoms with E-state index in [1.54, 1.807) is 0 Å². The molecule has 0 N–H and O–H groups in total. The van der Waals surface area contributed by atoms with Gasteiger partial charge in [-0.2, -0.15) is 146 Å². The zero-order valence-electron chi connectivity index (χ0n) is 23.7. The van der Waals surface area contributed by atoms with Crippen LogP contribution in [-0.2, 0) is 31.6 Å². The number of hydrogen-bond acceptors (Lipinski definition) is 3. The molecule has 0 radical (unpaired) electrons. The molecule has 0 bridgehead atoms. The fourth-order valence-corrected chi connectivity index (χ4v) is 2.90. The average molecular weight is 577 g/mol. The molecule has 0 spiro atoms. The molecule has 3 fully saturated rings. The van der Waals surface area contributed by atoms with Gasteiger partial charge in [-0.3, -0.25) is 0 Å². The van der Waals surface area contributed by atoms with Crippen LogP contribution >= 0.6 is 0 Å². The Morgan fingerprint density at radius 3 is 0.500 bits per heavy atom. The van der Waals surface area contributed by atoms with Crippen LogP contribution in [0.5, 0.6) is 0 Å². The second kappa shape index (κ2) is 34.3. The van der Waals surface area contributed by atoms with Crippen LogP contribution in [0, 0.1) is 24.3 Å². The van der Waals surface area contributed by atoms with Crippen LogP contribution < -0.4 is 0 Å². The molecule has 4 heteroatoms. The predicted molar refractivity (Wildman–Crippen MR) is 161 cm³/mol. The molecular formula is C36H44CrO3. The number of hydrogen-bond donors (Lipinski definition) is 0. The standard InChI is InChI=1S/4C6H5.3C4H8O.Cr/c4*1-2-4-6-5-3-1;3*1-2-4-5-3-1;/h4*1-5H;3*1-4H2;/q4*-1;;;;+4. The van der Waals surface area contributed by atoms with Crippen LogP contribution in [0.4, 0.5) is 0 Å². The van der Waals surface area contributed by atoms with Crippen molar-refractivity contribution < 1.29 is 31.6 Å². The smallest absolute Gasteiger partial charge is 0.381 e. The van der Waals surface area contributed by atoms with Crippen molar-refractivity contribution in [3.05, 3.63) is 146 Å². The normalized spacial score (nSPS) is 13.8. The molecule has 212 valence electrons. The Hall–Kier alpha value is -2.71. The minimum Gasteiger partial charge on any atom is -0.381 e. The summed E-state index contributed by atoms with van der Waals surface area (Å²) >= 11 is 0. The van der Waals surface area contributed by atoms with E-state index in [-0.39, 0.29) is 17.4 Å².